The molecule has 1 aromatic heterocycles. The van der Waals surface area contributed by atoms with Crippen molar-refractivity contribution in [2.75, 3.05) is 18.4 Å². The molecular formula is C22H29N3O2S. The van der Waals surface area contributed by atoms with E-state index in [-0.39, 0.29) is 24.5 Å². The number of amides is 1. The topological polar surface area (TPSA) is 62.3 Å². The van der Waals surface area contributed by atoms with E-state index in [9.17, 15) is 9.59 Å². The van der Waals surface area contributed by atoms with Crippen LogP contribution >= 0.6 is 11.3 Å². The third kappa shape index (κ3) is 5.72. The Morgan fingerprint density at radius 1 is 1.14 bits per heavy atom. The number of hydrogen-bond acceptors (Lipinski definition) is 5. The monoisotopic (exact) mass is 399 g/mol. The van der Waals surface area contributed by atoms with Crippen LogP contribution in [0.1, 0.15) is 59.1 Å². The first-order valence-corrected chi connectivity index (χ1v) is 10.8. The maximum atomic E-state index is 12.2. The van der Waals surface area contributed by atoms with E-state index in [2.05, 4.69) is 22.1 Å². The van der Waals surface area contributed by atoms with Gasteiger partial charge in [-0.25, -0.2) is 4.98 Å². The molecule has 1 aliphatic heterocycles. The summed E-state index contributed by atoms with van der Waals surface area (Å²) in [5, 5.41) is 3.49. The molecule has 2 heterocycles. The Labute approximate surface area is 171 Å². The molecular weight excluding hydrogens is 370 g/mol. The van der Waals surface area contributed by atoms with E-state index in [0.29, 0.717) is 10.7 Å². The van der Waals surface area contributed by atoms with Crippen LogP contribution in [-0.4, -0.2) is 34.7 Å². The largest absolute Gasteiger partial charge is 0.302 e. The zero-order valence-electron chi connectivity index (χ0n) is 17.0. The highest BCUT2D eigenvalue weighted by molar-refractivity contribution is 7.15. The van der Waals surface area contributed by atoms with E-state index >= 15 is 0 Å². The Kier molecular flexibility index (Phi) is 6.97. The summed E-state index contributed by atoms with van der Waals surface area (Å²) in [5.74, 6) is 0.648. The van der Waals surface area contributed by atoms with Gasteiger partial charge < -0.3 is 5.32 Å². The number of hydrogen-bond donors (Lipinski definition) is 1. The predicted octanol–water partition coefficient (Wildman–Crippen LogP) is 4.59. The number of thiazole rings is 1. The normalized spacial score (nSPS) is 15.5. The van der Waals surface area contributed by atoms with Crippen molar-refractivity contribution in [3.05, 3.63) is 46.0 Å². The standard InChI is InChI=1S/C22H29N3O2S/c1-15-4-6-18(7-5-15)19(26)8-9-21(27)24-22-23-17(3)20(28-22)14-25-12-10-16(2)11-13-25/h4-7,16H,8-14H2,1-3H3,(H,23,24,27). The SMILES string of the molecule is Cc1ccc(C(=O)CCC(=O)Nc2nc(C)c(CN3CCC(C)CC3)s2)cc1. The van der Waals surface area contributed by atoms with Gasteiger partial charge in [0.2, 0.25) is 5.91 Å². The van der Waals surface area contributed by atoms with Crippen LogP contribution in [-0.2, 0) is 11.3 Å². The number of anilines is 1. The second-order valence-corrected chi connectivity index (χ2v) is 8.91. The Morgan fingerprint density at radius 2 is 1.82 bits per heavy atom. The average molecular weight is 400 g/mol. The van der Waals surface area contributed by atoms with Crippen molar-refractivity contribution in [1.82, 2.24) is 9.88 Å². The Balaban J connectivity index is 1.49. The fourth-order valence-corrected chi connectivity index (χ4v) is 4.37. The van der Waals surface area contributed by atoms with Crippen molar-refractivity contribution in [2.24, 2.45) is 5.92 Å². The molecule has 150 valence electrons. The van der Waals surface area contributed by atoms with Crippen LogP contribution in [0.5, 0.6) is 0 Å². The van der Waals surface area contributed by atoms with Gasteiger partial charge in [0.05, 0.1) is 5.69 Å². The first kappa shape index (κ1) is 20.7. The predicted molar refractivity (Wildman–Crippen MR) is 114 cm³/mol. The van der Waals surface area contributed by atoms with Gasteiger partial charge in [-0.2, -0.15) is 0 Å². The highest BCUT2D eigenvalue weighted by atomic mass is 32.1. The van der Waals surface area contributed by atoms with Crippen LogP contribution in [0.2, 0.25) is 0 Å². The van der Waals surface area contributed by atoms with Crippen molar-refractivity contribution in [3.63, 3.8) is 0 Å². The van der Waals surface area contributed by atoms with Crippen molar-refractivity contribution in [2.45, 2.75) is 53.0 Å². The van der Waals surface area contributed by atoms with Gasteiger partial charge in [0.25, 0.3) is 0 Å². The van der Waals surface area contributed by atoms with Crippen LogP contribution in [0.3, 0.4) is 0 Å². The number of ketones is 1. The summed E-state index contributed by atoms with van der Waals surface area (Å²) >= 11 is 1.54. The van der Waals surface area contributed by atoms with Gasteiger partial charge in [-0.3, -0.25) is 14.5 Å². The average Bonchev–Trinajstić information content (AvgIpc) is 3.01. The van der Waals surface area contributed by atoms with Crippen molar-refractivity contribution in [1.29, 1.82) is 0 Å². The molecule has 2 aromatic rings. The summed E-state index contributed by atoms with van der Waals surface area (Å²) in [4.78, 5) is 32.6. The third-order valence-corrected chi connectivity index (χ3v) is 6.39. The van der Waals surface area contributed by atoms with Gasteiger partial charge >= 0.3 is 0 Å². The molecule has 28 heavy (non-hydrogen) atoms. The minimum absolute atomic E-state index is 0.00881. The Morgan fingerprint density at radius 3 is 2.50 bits per heavy atom. The van der Waals surface area contributed by atoms with Crippen molar-refractivity contribution >= 4 is 28.2 Å². The van der Waals surface area contributed by atoms with E-state index in [4.69, 9.17) is 0 Å². The van der Waals surface area contributed by atoms with Crippen LogP contribution in [0.4, 0.5) is 5.13 Å². The Bertz CT molecular complexity index is 821. The maximum Gasteiger partial charge on any atom is 0.226 e. The first-order chi connectivity index (χ1) is 13.4. The second kappa shape index (κ2) is 9.43. The fourth-order valence-electron chi connectivity index (χ4n) is 3.34. The molecule has 0 unspecified atom stereocenters. The molecule has 5 nitrogen and oxygen atoms in total. The molecule has 0 spiro atoms. The number of piperidine rings is 1. The molecule has 1 aromatic carbocycles. The lowest BCUT2D eigenvalue weighted by Gasteiger charge is -2.29. The fraction of sp³-hybridized carbons (Fsp3) is 0.500. The molecule has 1 amide bonds. The van der Waals surface area contributed by atoms with E-state index in [1.807, 2.05) is 38.1 Å². The van der Waals surface area contributed by atoms with Gasteiger partial charge in [0.1, 0.15) is 0 Å². The number of benzene rings is 1. The van der Waals surface area contributed by atoms with E-state index in [1.165, 1.54) is 17.7 Å². The zero-order chi connectivity index (χ0) is 20.1. The van der Waals surface area contributed by atoms with E-state index in [1.54, 1.807) is 11.3 Å². The molecule has 0 aliphatic carbocycles. The molecule has 1 saturated heterocycles. The van der Waals surface area contributed by atoms with Gasteiger partial charge in [-0.15, -0.1) is 11.3 Å². The van der Waals surface area contributed by atoms with Crippen molar-refractivity contribution < 1.29 is 9.59 Å². The molecule has 1 N–H and O–H groups in total. The lowest BCUT2D eigenvalue weighted by atomic mass is 9.99. The summed E-state index contributed by atoms with van der Waals surface area (Å²) < 4.78 is 0. The highest BCUT2D eigenvalue weighted by Gasteiger charge is 2.19. The number of nitrogens with zero attached hydrogens (tertiary/aromatic N) is 2. The number of Topliss-reactive ketones (excluding diaryl/α,β-unsaturated/α-hetero) is 1. The quantitative estimate of drug-likeness (QED) is 0.692. The van der Waals surface area contributed by atoms with Gasteiger partial charge in [0.15, 0.2) is 10.9 Å². The number of rotatable bonds is 7. The molecule has 6 heteroatoms. The number of aryl methyl sites for hydroxylation is 2. The molecule has 0 radical (unpaired) electrons. The number of carbonyl (C=O) groups excluding carboxylic acids is 2. The lowest BCUT2D eigenvalue weighted by molar-refractivity contribution is -0.116. The third-order valence-electron chi connectivity index (χ3n) is 5.34. The minimum atomic E-state index is -0.160. The smallest absolute Gasteiger partial charge is 0.226 e. The van der Waals surface area contributed by atoms with Crippen LogP contribution in [0, 0.1) is 19.8 Å². The van der Waals surface area contributed by atoms with Crippen LogP contribution in [0.25, 0.3) is 0 Å². The molecule has 3 rings (SSSR count). The van der Waals surface area contributed by atoms with E-state index < -0.39 is 0 Å². The summed E-state index contributed by atoms with van der Waals surface area (Å²) in [6.45, 7) is 9.44. The second-order valence-electron chi connectivity index (χ2n) is 7.82. The summed E-state index contributed by atoms with van der Waals surface area (Å²) in [6.07, 6.45) is 2.87. The Hall–Kier alpha value is -2.05. The number of carbonyl (C=O) groups is 2. The minimum Gasteiger partial charge on any atom is -0.302 e. The number of nitrogens with one attached hydrogen (secondary N) is 1. The zero-order valence-corrected chi connectivity index (χ0v) is 17.8. The lowest BCUT2D eigenvalue weighted by Crippen LogP contribution is -2.32. The van der Waals surface area contributed by atoms with Gasteiger partial charge in [-0.05, 0) is 45.7 Å². The number of aromatic nitrogens is 1. The summed E-state index contributed by atoms with van der Waals surface area (Å²) in [7, 11) is 0. The molecule has 0 bridgehead atoms. The van der Waals surface area contributed by atoms with E-state index in [0.717, 1.165) is 36.8 Å². The van der Waals surface area contributed by atoms with Crippen LogP contribution < -0.4 is 5.32 Å². The summed E-state index contributed by atoms with van der Waals surface area (Å²) in [6, 6.07) is 7.45. The van der Waals surface area contributed by atoms with Gasteiger partial charge in [-0.1, -0.05) is 36.8 Å². The van der Waals surface area contributed by atoms with Gasteiger partial charge in [0, 0.05) is 29.8 Å². The molecule has 1 aliphatic rings. The van der Waals surface area contributed by atoms with Crippen LogP contribution in [0.15, 0.2) is 24.3 Å². The first-order valence-electron chi connectivity index (χ1n) is 9.99. The molecule has 0 atom stereocenters. The highest BCUT2D eigenvalue weighted by Crippen LogP contribution is 2.26. The molecule has 0 saturated carbocycles. The number of likely N-dealkylation sites (tertiary alicyclic amines) is 1. The molecule has 1 fully saturated rings. The maximum absolute atomic E-state index is 12.2. The summed E-state index contributed by atoms with van der Waals surface area (Å²) in [5.41, 5.74) is 2.75. The van der Waals surface area contributed by atoms with Crippen molar-refractivity contribution in [3.8, 4) is 0 Å².